The second-order valence-corrected chi connectivity index (χ2v) is 16.6. The molecule has 0 radical (unpaired) electrons. The van der Waals surface area contributed by atoms with Crippen LogP contribution in [0.15, 0.2) is 91.0 Å². The zero-order valence-electron chi connectivity index (χ0n) is 15.7. The van der Waals surface area contributed by atoms with E-state index in [9.17, 15) is 0 Å². The molecule has 0 amide bonds. The Labute approximate surface area is 177 Å². The molecule has 0 bridgehead atoms. The Morgan fingerprint density at radius 2 is 0.926 bits per heavy atom. The molecule has 0 N–H and O–H groups in total. The number of hydrogen-bond donors (Lipinski definition) is 1. The normalized spacial score (nSPS) is 13.0. The predicted octanol–water partition coefficient (Wildman–Crippen LogP) is 6.32. The second kappa shape index (κ2) is 9.41. The summed E-state index contributed by atoms with van der Waals surface area (Å²) in [5.41, 5.74) is 0. The number of halogens is 1. The van der Waals surface area contributed by atoms with Crippen molar-refractivity contribution in [1.29, 1.82) is 0 Å². The summed E-state index contributed by atoms with van der Waals surface area (Å²) in [7, 11) is 0. The number of benzene rings is 3. The van der Waals surface area contributed by atoms with Crippen molar-refractivity contribution in [2.24, 2.45) is 0 Å². The van der Waals surface area contributed by atoms with E-state index in [0.717, 1.165) is 11.9 Å². The van der Waals surface area contributed by atoms with Crippen molar-refractivity contribution in [3.05, 3.63) is 91.0 Å². The molecule has 3 rings (SSSR count). The first-order valence-corrected chi connectivity index (χ1v) is 14.8. The van der Waals surface area contributed by atoms with E-state index in [4.69, 9.17) is 0 Å². The van der Waals surface area contributed by atoms with Crippen molar-refractivity contribution in [1.82, 2.24) is 0 Å². The SMILES string of the molecule is SCCCCCCP(Br)(c1ccccc1)(c1ccccc1)c1ccccc1. The Morgan fingerprint density at radius 1 is 0.556 bits per heavy atom. The van der Waals surface area contributed by atoms with Gasteiger partial charge in [0.1, 0.15) is 0 Å². The molecule has 0 spiro atoms. The van der Waals surface area contributed by atoms with Crippen molar-refractivity contribution in [3.63, 3.8) is 0 Å². The van der Waals surface area contributed by atoms with Crippen LogP contribution in [0.3, 0.4) is 0 Å². The molecular formula is C24H28BrPS. The molecule has 0 saturated carbocycles. The number of hydrogen-bond acceptors (Lipinski definition) is 1. The molecule has 0 aliphatic heterocycles. The van der Waals surface area contributed by atoms with Gasteiger partial charge in [-0.15, -0.1) is 0 Å². The Morgan fingerprint density at radius 3 is 1.30 bits per heavy atom. The first-order valence-electron chi connectivity index (χ1n) is 9.70. The van der Waals surface area contributed by atoms with Gasteiger partial charge in [0, 0.05) is 0 Å². The third-order valence-corrected chi connectivity index (χ3v) is 15.7. The molecule has 0 aliphatic rings. The van der Waals surface area contributed by atoms with Crippen LogP contribution in [-0.4, -0.2) is 11.9 Å². The van der Waals surface area contributed by atoms with Crippen molar-refractivity contribution >= 4 is 49.3 Å². The molecule has 0 unspecified atom stereocenters. The molecule has 27 heavy (non-hydrogen) atoms. The van der Waals surface area contributed by atoms with Gasteiger partial charge in [-0.2, -0.15) is 0 Å². The minimum absolute atomic E-state index is 0.980. The summed E-state index contributed by atoms with van der Waals surface area (Å²) < 4.78 is 0. The molecule has 0 aliphatic carbocycles. The number of unbranched alkanes of at least 4 members (excludes halogenated alkanes) is 3. The summed E-state index contributed by atoms with van der Waals surface area (Å²) in [6.45, 7) is 0. The fourth-order valence-corrected chi connectivity index (χ4v) is 11.9. The second-order valence-electron chi connectivity index (χ2n) is 7.05. The van der Waals surface area contributed by atoms with Gasteiger partial charge in [0.2, 0.25) is 0 Å². The fourth-order valence-electron chi connectivity index (χ4n) is 3.93. The van der Waals surface area contributed by atoms with Gasteiger partial charge in [0.05, 0.1) is 0 Å². The number of thiol groups is 1. The van der Waals surface area contributed by atoms with Gasteiger partial charge in [-0.1, -0.05) is 0 Å². The van der Waals surface area contributed by atoms with Gasteiger partial charge in [-0.3, -0.25) is 0 Å². The molecule has 0 heterocycles. The predicted molar refractivity (Wildman–Crippen MR) is 131 cm³/mol. The summed E-state index contributed by atoms with van der Waals surface area (Å²) in [5, 5.41) is 1.53. The van der Waals surface area contributed by atoms with Crippen LogP contribution in [0, 0.1) is 0 Å². The summed E-state index contributed by atoms with van der Waals surface area (Å²) in [5.74, 6) is 0.980. The van der Waals surface area contributed by atoms with E-state index in [2.05, 4.69) is 119 Å². The molecule has 3 heteroatoms. The summed E-state index contributed by atoms with van der Waals surface area (Å²) in [4.78, 5) is 0. The zero-order valence-corrected chi connectivity index (χ0v) is 19.1. The van der Waals surface area contributed by atoms with Crippen LogP contribution in [-0.2, 0) is 0 Å². The summed E-state index contributed by atoms with van der Waals surface area (Å²) >= 11 is 8.87. The van der Waals surface area contributed by atoms with E-state index in [1.54, 1.807) is 0 Å². The van der Waals surface area contributed by atoms with E-state index in [1.165, 1.54) is 41.6 Å². The van der Waals surface area contributed by atoms with E-state index < -0.39 is 5.31 Å². The zero-order chi connectivity index (χ0) is 19.0. The average molecular weight is 459 g/mol. The van der Waals surface area contributed by atoms with Crippen LogP contribution in [0.5, 0.6) is 0 Å². The molecule has 0 nitrogen and oxygen atoms in total. The summed E-state index contributed by atoms with van der Waals surface area (Å²) in [6.07, 6.45) is 6.03. The first-order chi connectivity index (χ1) is 13.2. The van der Waals surface area contributed by atoms with Gasteiger partial charge in [-0.25, -0.2) is 0 Å². The van der Waals surface area contributed by atoms with Crippen LogP contribution in [0.4, 0.5) is 0 Å². The van der Waals surface area contributed by atoms with Gasteiger partial charge >= 0.3 is 178 Å². The third kappa shape index (κ3) is 4.19. The standard InChI is InChI=1S/C24H28BrPS/c25-26(20-12-1-2-13-21-27,22-14-6-3-7-15-22,23-16-8-4-9-17-23)24-18-10-5-11-19-24/h3-11,14-19,27H,1-2,12-13,20-21H2. The van der Waals surface area contributed by atoms with Crippen LogP contribution in [0.1, 0.15) is 25.7 Å². The molecule has 0 fully saturated rings. The van der Waals surface area contributed by atoms with E-state index in [-0.39, 0.29) is 0 Å². The fraction of sp³-hybridized carbons (Fsp3) is 0.250. The number of rotatable bonds is 9. The monoisotopic (exact) mass is 458 g/mol. The first kappa shape index (κ1) is 20.6. The Kier molecular flexibility index (Phi) is 7.20. The minimum atomic E-state index is -2.70. The Hall–Kier alpha value is -1.08. The van der Waals surface area contributed by atoms with Gasteiger partial charge < -0.3 is 0 Å². The van der Waals surface area contributed by atoms with Crippen LogP contribution in [0.2, 0.25) is 0 Å². The van der Waals surface area contributed by atoms with E-state index >= 15 is 0 Å². The summed E-state index contributed by atoms with van der Waals surface area (Å²) in [6, 6.07) is 33.2. The van der Waals surface area contributed by atoms with Gasteiger partial charge in [0.25, 0.3) is 0 Å². The van der Waals surface area contributed by atoms with Crippen molar-refractivity contribution < 1.29 is 0 Å². The molecule has 0 aromatic heterocycles. The quantitative estimate of drug-likeness (QED) is 0.216. The van der Waals surface area contributed by atoms with E-state index in [1.807, 2.05) is 0 Å². The molecular weight excluding hydrogens is 431 g/mol. The molecule has 3 aromatic rings. The molecule has 142 valence electrons. The van der Waals surface area contributed by atoms with Gasteiger partial charge in [-0.05, 0) is 0 Å². The van der Waals surface area contributed by atoms with Crippen LogP contribution >= 0.6 is 33.4 Å². The van der Waals surface area contributed by atoms with Crippen LogP contribution in [0.25, 0.3) is 0 Å². The third-order valence-electron chi connectivity index (χ3n) is 5.37. The topological polar surface area (TPSA) is 0 Å². The van der Waals surface area contributed by atoms with Crippen LogP contribution < -0.4 is 15.9 Å². The maximum absolute atomic E-state index is 4.50. The molecule has 0 atom stereocenters. The molecule has 3 aromatic carbocycles. The Bertz CT molecular complexity index is 721. The molecule has 0 saturated heterocycles. The van der Waals surface area contributed by atoms with Gasteiger partial charge in [0.15, 0.2) is 0 Å². The Balaban J connectivity index is 2.16. The van der Waals surface area contributed by atoms with E-state index in [0.29, 0.717) is 0 Å². The van der Waals surface area contributed by atoms with Crippen molar-refractivity contribution in [2.75, 3.05) is 11.9 Å². The van der Waals surface area contributed by atoms with Crippen molar-refractivity contribution in [2.45, 2.75) is 25.7 Å². The van der Waals surface area contributed by atoms with Crippen molar-refractivity contribution in [3.8, 4) is 0 Å². The maximum atomic E-state index is 4.50. The average Bonchev–Trinajstić information content (AvgIpc) is 2.75.